The number of rotatable bonds is 9. The number of nitrogens with zero attached hydrogens (tertiary/aromatic N) is 3. The third-order valence-electron chi connectivity index (χ3n) is 7.77. The summed E-state index contributed by atoms with van der Waals surface area (Å²) >= 11 is 0. The van der Waals surface area contributed by atoms with Crippen LogP contribution in [-0.2, 0) is 5.60 Å². The molecule has 0 radical (unpaired) electrons. The predicted molar refractivity (Wildman–Crippen MR) is 166 cm³/mol. The molecule has 0 saturated heterocycles. The van der Waals surface area contributed by atoms with Gasteiger partial charge in [-0.3, -0.25) is 4.79 Å². The molecule has 0 spiro atoms. The predicted octanol–water partition coefficient (Wildman–Crippen LogP) is 6.07. The number of aliphatic hydroxyl groups is 1. The van der Waals surface area contributed by atoms with Gasteiger partial charge in [-0.05, 0) is 66.7 Å². The number of benzene rings is 4. The first-order valence-corrected chi connectivity index (χ1v) is 13.8. The molecule has 0 fully saturated rings. The highest BCUT2D eigenvalue weighted by Gasteiger charge is 2.43. The van der Waals surface area contributed by atoms with Crippen molar-refractivity contribution in [3.63, 3.8) is 0 Å². The lowest BCUT2D eigenvalue weighted by atomic mass is 9.70. The maximum absolute atomic E-state index is 13.1. The fraction of sp³-hybridized carbons (Fsp3) is 0.257. The van der Waals surface area contributed by atoms with E-state index < -0.39 is 11.5 Å². The molecule has 41 heavy (non-hydrogen) atoms. The molecule has 0 aliphatic heterocycles. The van der Waals surface area contributed by atoms with E-state index in [2.05, 4.69) is 23.1 Å². The van der Waals surface area contributed by atoms with Crippen molar-refractivity contribution in [2.45, 2.75) is 17.9 Å². The van der Waals surface area contributed by atoms with Gasteiger partial charge in [0.25, 0.3) is 5.91 Å². The van der Waals surface area contributed by atoms with Gasteiger partial charge < -0.3 is 19.6 Å². The lowest BCUT2D eigenvalue weighted by Gasteiger charge is -2.39. The lowest BCUT2D eigenvalue weighted by molar-refractivity contribution is 0.00520. The minimum absolute atomic E-state index is 0.0814. The van der Waals surface area contributed by atoms with Crippen LogP contribution in [0.5, 0.6) is 5.88 Å². The molecule has 2 unspecified atom stereocenters. The van der Waals surface area contributed by atoms with E-state index in [4.69, 9.17) is 9.72 Å². The Morgan fingerprint density at radius 2 is 1.59 bits per heavy atom. The molecule has 1 N–H and O–H groups in total. The number of aromatic nitrogens is 1. The van der Waals surface area contributed by atoms with Gasteiger partial charge in [-0.25, -0.2) is 4.98 Å². The van der Waals surface area contributed by atoms with Crippen LogP contribution in [0.2, 0.25) is 0 Å². The maximum Gasteiger partial charge on any atom is 0.253 e. The first-order valence-electron chi connectivity index (χ1n) is 13.8. The van der Waals surface area contributed by atoms with Gasteiger partial charge in [0.05, 0.1) is 12.6 Å². The number of hydrogen-bond donors (Lipinski definition) is 1. The largest absolute Gasteiger partial charge is 0.481 e. The normalized spacial score (nSPS) is 13.7. The number of carbonyl (C=O) groups is 1. The van der Waals surface area contributed by atoms with Gasteiger partial charge in [-0.2, -0.15) is 0 Å². The van der Waals surface area contributed by atoms with Crippen molar-refractivity contribution in [2.75, 3.05) is 41.8 Å². The molecular weight excluding hydrogens is 510 g/mol. The molecule has 0 aliphatic rings. The van der Waals surface area contributed by atoms with Crippen molar-refractivity contribution in [2.24, 2.45) is 0 Å². The van der Waals surface area contributed by atoms with Crippen molar-refractivity contribution < 1.29 is 14.6 Å². The third-order valence-corrected chi connectivity index (χ3v) is 7.77. The minimum Gasteiger partial charge on any atom is -0.481 e. The Bertz CT molecular complexity index is 1680. The van der Waals surface area contributed by atoms with Crippen LogP contribution in [0.1, 0.15) is 39.4 Å². The zero-order valence-corrected chi connectivity index (χ0v) is 24.3. The highest BCUT2D eigenvalue weighted by Crippen LogP contribution is 2.49. The van der Waals surface area contributed by atoms with E-state index in [-0.39, 0.29) is 5.91 Å². The summed E-state index contributed by atoms with van der Waals surface area (Å²) in [4.78, 5) is 21.3. The molecular formula is C35H37N3O3. The number of fused-ring (bicyclic) bond motifs is 2. The summed E-state index contributed by atoms with van der Waals surface area (Å²) in [5.74, 6) is -0.154. The molecule has 1 amide bonds. The van der Waals surface area contributed by atoms with Gasteiger partial charge in [0.1, 0.15) is 5.60 Å². The molecule has 6 heteroatoms. The fourth-order valence-electron chi connectivity index (χ4n) is 5.73. The molecule has 2 atom stereocenters. The van der Waals surface area contributed by atoms with E-state index in [9.17, 15) is 9.90 Å². The molecule has 0 aliphatic carbocycles. The highest BCUT2D eigenvalue weighted by molar-refractivity contribution is 5.98. The Kier molecular flexibility index (Phi) is 8.06. The molecule has 6 nitrogen and oxygen atoms in total. The van der Waals surface area contributed by atoms with Gasteiger partial charge in [-0.15, -0.1) is 0 Å². The summed E-state index contributed by atoms with van der Waals surface area (Å²) in [5, 5.41) is 16.0. The molecule has 1 heterocycles. The number of carbonyl (C=O) groups excluding carboxylic acids is 1. The second-order valence-electron chi connectivity index (χ2n) is 11.0. The molecule has 0 saturated carbocycles. The van der Waals surface area contributed by atoms with E-state index in [0.717, 1.165) is 38.4 Å². The SMILES string of the molecule is COc1nc2ccc(C(=O)N(C)C)cc2cc1C(c1ccccc1)C(O)(CCN(C)C)c1cccc2ccccc12. The summed E-state index contributed by atoms with van der Waals surface area (Å²) in [6.45, 7) is 0.661. The average molecular weight is 548 g/mol. The first kappa shape index (κ1) is 28.3. The molecule has 210 valence electrons. The van der Waals surface area contributed by atoms with Gasteiger partial charge in [-0.1, -0.05) is 72.8 Å². The topological polar surface area (TPSA) is 65.9 Å². The zero-order valence-electron chi connectivity index (χ0n) is 24.3. The summed E-state index contributed by atoms with van der Waals surface area (Å²) < 4.78 is 5.91. The second-order valence-corrected chi connectivity index (χ2v) is 11.0. The smallest absolute Gasteiger partial charge is 0.253 e. The van der Waals surface area contributed by atoms with Crippen molar-refractivity contribution in [1.29, 1.82) is 0 Å². The Labute approximate surface area is 241 Å². The van der Waals surface area contributed by atoms with E-state index in [1.807, 2.05) is 86.9 Å². The standard InChI is InChI=1S/C35H37N3O3/c1-37(2)21-20-35(40,30-17-11-15-24-12-9-10-16-28(24)30)32(25-13-7-6-8-14-25)29-23-27-22-26(34(39)38(3)4)18-19-31(27)36-33(29)41-5/h6-19,22-23,32,40H,20-21H2,1-5H3. The maximum atomic E-state index is 13.1. The van der Waals surface area contributed by atoms with Crippen LogP contribution in [0.25, 0.3) is 21.7 Å². The molecule has 0 bridgehead atoms. The Balaban J connectivity index is 1.82. The monoisotopic (exact) mass is 547 g/mol. The Morgan fingerprint density at radius 3 is 2.29 bits per heavy atom. The third kappa shape index (κ3) is 5.53. The minimum atomic E-state index is -1.33. The Morgan fingerprint density at radius 1 is 0.878 bits per heavy atom. The fourth-order valence-corrected chi connectivity index (χ4v) is 5.73. The lowest BCUT2D eigenvalue weighted by Crippen LogP contribution is -2.38. The van der Waals surface area contributed by atoms with Crippen LogP contribution in [-0.4, -0.2) is 67.6 Å². The van der Waals surface area contributed by atoms with Crippen LogP contribution in [0.15, 0.2) is 97.1 Å². The molecule has 5 aromatic rings. The zero-order chi connectivity index (χ0) is 29.1. The van der Waals surface area contributed by atoms with Crippen LogP contribution in [0, 0.1) is 0 Å². The summed E-state index contributed by atoms with van der Waals surface area (Å²) in [6, 6.07) is 31.9. The number of methoxy groups -OCH3 is 1. The van der Waals surface area contributed by atoms with E-state index in [1.165, 1.54) is 0 Å². The number of ether oxygens (including phenoxy) is 1. The van der Waals surface area contributed by atoms with Crippen molar-refractivity contribution >= 4 is 27.6 Å². The van der Waals surface area contributed by atoms with Crippen molar-refractivity contribution in [3.8, 4) is 5.88 Å². The van der Waals surface area contributed by atoms with Gasteiger partial charge in [0.2, 0.25) is 5.88 Å². The van der Waals surface area contributed by atoms with Crippen LogP contribution < -0.4 is 4.74 Å². The summed E-state index contributed by atoms with van der Waals surface area (Å²) in [7, 11) is 9.13. The number of pyridine rings is 1. The van der Waals surface area contributed by atoms with E-state index >= 15 is 0 Å². The first-order chi connectivity index (χ1) is 19.7. The number of amides is 1. The van der Waals surface area contributed by atoms with Gasteiger partial charge in [0.15, 0.2) is 0 Å². The van der Waals surface area contributed by atoms with Gasteiger partial charge in [0, 0.05) is 43.1 Å². The highest BCUT2D eigenvalue weighted by atomic mass is 16.5. The number of hydrogen-bond acceptors (Lipinski definition) is 5. The summed E-state index contributed by atoms with van der Waals surface area (Å²) in [5.41, 5.74) is 2.52. The van der Waals surface area contributed by atoms with Crippen molar-refractivity contribution in [1.82, 2.24) is 14.8 Å². The van der Waals surface area contributed by atoms with E-state index in [0.29, 0.717) is 24.4 Å². The van der Waals surface area contributed by atoms with Crippen LogP contribution in [0.4, 0.5) is 0 Å². The Hall–Kier alpha value is -4.26. The molecule has 1 aromatic heterocycles. The average Bonchev–Trinajstić information content (AvgIpc) is 2.99. The second kappa shape index (κ2) is 11.7. The van der Waals surface area contributed by atoms with Crippen molar-refractivity contribution in [3.05, 3.63) is 119 Å². The van der Waals surface area contributed by atoms with Crippen LogP contribution >= 0.6 is 0 Å². The molecule has 4 aromatic carbocycles. The summed E-state index contributed by atoms with van der Waals surface area (Å²) in [6.07, 6.45) is 0.466. The van der Waals surface area contributed by atoms with E-state index in [1.54, 1.807) is 32.2 Å². The molecule has 5 rings (SSSR count). The quantitative estimate of drug-likeness (QED) is 0.243. The van der Waals surface area contributed by atoms with Gasteiger partial charge >= 0.3 is 0 Å². The van der Waals surface area contributed by atoms with Crippen LogP contribution in [0.3, 0.4) is 0 Å².